The number of rotatable bonds is 4. The molecule has 5 amide bonds. The zero-order chi connectivity index (χ0) is 30.9. The molecule has 2 saturated heterocycles. The van der Waals surface area contributed by atoms with Crippen LogP contribution in [0.5, 0.6) is 0 Å². The summed E-state index contributed by atoms with van der Waals surface area (Å²) in [6.07, 6.45) is 6.68. The third-order valence-electron chi connectivity index (χ3n) is 10.9. The number of benzene rings is 3. The fourth-order valence-electron chi connectivity index (χ4n) is 9.30. The number of allylic oxidation sites excluding steroid dienone is 1. The molecule has 2 heterocycles. The van der Waals surface area contributed by atoms with Crippen LogP contribution in [0.15, 0.2) is 103 Å². The van der Waals surface area contributed by atoms with Crippen LogP contribution in [0, 0.1) is 29.1 Å². The Kier molecular flexibility index (Phi) is 6.21. The molecule has 8 heteroatoms. The standard InChI is InChI=1S/C37H33N3O5/c41-31(23-14-6-3-7-15-23)38-37-22-24-16-8-1-2-13-21-36(24,27-29(37)34(44)39(32(27)42)25-17-9-4-10-18-25)28-30(37)35(45)40(33(28)43)26-19-11-5-12-20-26/h3-7,9-12,14-15,17-20,22,27-30H,1-2,8,13,16,21H2,(H,38,41)/t27-,28-,29+,30+,36?,37?/m1/s1. The van der Waals surface area contributed by atoms with Crippen molar-refractivity contribution in [2.45, 2.75) is 44.1 Å². The van der Waals surface area contributed by atoms with Crippen molar-refractivity contribution in [3.8, 4) is 0 Å². The highest BCUT2D eigenvalue weighted by atomic mass is 16.2. The van der Waals surface area contributed by atoms with Crippen molar-refractivity contribution in [2.75, 3.05) is 9.80 Å². The summed E-state index contributed by atoms with van der Waals surface area (Å²) in [7, 11) is 0. The summed E-state index contributed by atoms with van der Waals surface area (Å²) < 4.78 is 0. The quantitative estimate of drug-likeness (QED) is 0.334. The summed E-state index contributed by atoms with van der Waals surface area (Å²) in [5.41, 5.74) is -0.407. The molecule has 4 aliphatic carbocycles. The van der Waals surface area contributed by atoms with Crippen LogP contribution in [-0.4, -0.2) is 35.1 Å². The number of para-hydroxylation sites is 2. The van der Waals surface area contributed by atoms with E-state index < -0.39 is 52.3 Å². The van der Waals surface area contributed by atoms with Gasteiger partial charge in [-0.2, -0.15) is 0 Å². The Balaban J connectivity index is 1.39. The van der Waals surface area contributed by atoms with Gasteiger partial charge in [0, 0.05) is 11.0 Å². The van der Waals surface area contributed by atoms with E-state index in [2.05, 4.69) is 5.32 Å². The van der Waals surface area contributed by atoms with Crippen LogP contribution < -0.4 is 15.1 Å². The number of imide groups is 2. The van der Waals surface area contributed by atoms with Gasteiger partial charge in [-0.1, -0.05) is 85.5 Å². The Labute approximate surface area is 261 Å². The molecule has 1 spiro atoms. The summed E-state index contributed by atoms with van der Waals surface area (Å²) >= 11 is 0. The molecule has 3 aromatic rings. The van der Waals surface area contributed by atoms with Crippen LogP contribution in [0.2, 0.25) is 0 Å². The summed E-state index contributed by atoms with van der Waals surface area (Å²) in [6.45, 7) is 0. The molecule has 8 nitrogen and oxygen atoms in total. The van der Waals surface area contributed by atoms with Gasteiger partial charge in [0.25, 0.3) is 5.91 Å². The largest absolute Gasteiger partial charge is 0.341 e. The Hall–Kier alpha value is -4.85. The van der Waals surface area contributed by atoms with Crippen molar-refractivity contribution >= 4 is 40.9 Å². The molecule has 0 unspecified atom stereocenters. The Morgan fingerprint density at radius 3 is 1.60 bits per heavy atom. The molecular formula is C37H33N3O5. The number of hydrogen-bond donors (Lipinski definition) is 1. The predicted octanol–water partition coefficient (Wildman–Crippen LogP) is 5.06. The van der Waals surface area contributed by atoms with Crippen LogP contribution in [0.3, 0.4) is 0 Å². The van der Waals surface area contributed by atoms with Crippen LogP contribution in [0.4, 0.5) is 11.4 Å². The Morgan fingerprint density at radius 2 is 1.07 bits per heavy atom. The minimum Gasteiger partial charge on any atom is -0.341 e. The lowest BCUT2D eigenvalue weighted by Gasteiger charge is -2.62. The normalized spacial score (nSPS) is 32.0. The van der Waals surface area contributed by atoms with Crippen LogP contribution in [0.1, 0.15) is 48.9 Å². The summed E-state index contributed by atoms with van der Waals surface area (Å²) in [5, 5.41) is 3.18. The lowest BCUT2D eigenvalue weighted by atomic mass is 9.40. The van der Waals surface area contributed by atoms with Gasteiger partial charge in [-0.15, -0.1) is 0 Å². The fourth-order valence-corrected chi connectivity index (χ4v) is 9.30. The summed E-state index contributed by atoms with van der Waals surface area (Å²) in [6, 6.07) is 26.3. The monoisotopic (exact) mass is 599 g/mol. The molecule has 3 aromatic carbocycles. The highest BCUT2D eigenvalue weighted by Gasteiger charge is 2.81. The molecule has 4 fully saturated rings. The van der Waals surface area contributed by atoms with Crippen molar-refractivity contribution < 1.29 is 24.0 Å². The Morgan fingerprint density at radius 1 is 0.600 bits per heavy atom. The molecule has 1 N–H and O–H groups in total. The van der Waals surface area contributed by atoms with Gasteiger partial charge in [0.2, 0.25) is 23.6 Å². The third kappa shape index (κ3) is 3.68. The maximum Gasteiger partial charge on any atom is 0.252 e. The SMILES string of the molecule is O=C(NC12C=C3CCCCCCC3([C@H]3C(=O)N(c4ccccc4)C(=O)[C@H]31)[C@H]1C(=O)N(c3ccccc3)C(=O)[C@H]12)c1ccccc1. The summed E-state index contributed by atoms with van der Waals surface area (Å²) in [4.78, 5) is 75.5. The van der Waals surface area contributed by atoms with Crippen LogP contribution in [0.25, 0.3) is 0 Å². The van der Waals surface area contributed by atoms with E-state index in [0.29, 0.717) is 29.8 Å². The maximum atomic E-state index is 14.8. The molecule has 226 valence electrons. The molecule has 4 atom stereocenters. The fraction of sp³-hybridized carbons (Fsp3) is 0.324. The number of nitrogens with zero attached hydrogens (tertiary/aromatic N) is 2. The molecule has 0 aromatic heterocycles. The molecule has 2 aliphatic heterocycles. The van der Waals surface area contributed by atoms with Gasteiger partial charge in [0.05, 0.1) is 40.6 Å². The zero-order valence-electron chi connectivity index (χ0n) is 24.7. The van der Waals surface area contributed by atoms with Crippen LogP contribution >= 0.6 is 0 Å². The average Bonchev–Trinajstić information content (AvgIpc) is 3.50. The number of carbonyl (C=O) groups excluding carboxylic acids is 5. The number of amides is 5. The Bertz CT molecular complexity index is 1690. The second kappa shape index (κ2) is 10.1. The lowest BCUT2D eigenvalue weighted by molar-refractivity contribution is -0.154. The first-order chi connectivity index (χ1) is 21.9. The van der Waals surface area contributed by atoms with E-state index in [4.69, 9.17) is 0 Å². The molecule has 2 bridgehead atoms. The van der Waals surface area contributed by atoms with Crippen molar-refractivity contribution in [1.82, 2.24) is 5.32 Å². The zero-order valence-corrected chi connectivity index (χ0v) is 24.7. The first-order valence-electron chi connectivity index (χ1n) is 15.9. The molecule has 0 radical (unpaired) electrons. The van der Waals surface area contributed by atoms with E-state index in [0.717, 1.165) is 31.3 Å². The van der Waals surface area contributed by atoms with Crippen molar-refractivity contribution in [2.24, 2.45) is 29.1 Å². The molecule has 2 saturated carbocycles. The molecular weight excluding hydrogens is 566 g/mol. The van der Waals surface area contributed by atoms with E-state index in [9.17, 15) is 24.0 Å². The van der Waals surface area contributed by atoms with Gasteiger partial charge in [-0.25, -0.2) is 9.80 Å². The minimum absolute atomic E-state index is 0.363. The van der Waals surface area contributed by atoms with E-state index in [-0.39, 0.29) is 11.8 Å². The van der Waals surface area contributed by atoms with Crippen molar-refractivity contribution in [3.05, 3.63) is 108 Å². The first-order valence-corrected chi connectivity index (χ1v) is 15.9. The topological polar surface area (TPSA) is 104 Å². The van der Waals surface area contributed by atoms with E-state index >= 15 is 0 Å². The first kappa shape index (κ1) is 27.7. The minimum atomic E-state index is -1.58. The van der Waals surface area contributed by atoms with Gasteiger partial charge in [0.1, 0.15) is 0 Å². The predicted molar refractivity (Wildman–Crippen MR) is 167 cm³/mol. The van der Waals surface area contributed by atoms with Crippen molar-refractivity contribution in [3.63, 3.8) is 0 Å². The third-order valence-corrected chi connectivity index (χ3v) is 10.9. The lowest BCUT2D eigenvalue weighted by Crippen LogP contribution is -2.73. The second-order valence-corrected chi connectivity index (χ2v) is 13.0. The molecule has 6 aliphatic rings. The van der Waals surface area contributed by atoms with Crippen molar-refractivity contribution in [1.29, 1.82) is 0 Å². The number of nitrogens with one attached hydrogen (secondary N) is 1. The smallest absolute Gasteiger partial charge is 0.252 e. The van der Waals surface area contributed by atoms with Gasteiger partial charge in [-0.05, 0) is 55.7 Å². The van der Waals surface area contributed by atoms with Crippen LogP contribution in [-0.2, 0) is 19.2 Å². The summed E-state index contributed by atoms with van der Waals surface area (Å²) in [5.74, 6) is -5.96. The highest BCUT2D eigenvalue weighted by molar-refractivity contribution is 6.28. The number of hydrogen-bond acceptors (Lipinski definition) is 5. The van der Waals surface area contributed by atoms with Gasteiger partial charge in [0.15, 0.2) is 0 Å². The van der Waals surface area contributed by atoms with Gasteiger partial charge >= 0.3 is 0 Å². The van der Waals surface area contributed by atoms with E-state index in [1.807, 2.05) is 18.2 Å². The molecule has 9 rings (SSSR count). The second-order valence-electron chi connectivity index (χ2n) is 13.0. The highest BCUT2D eigenvalue weighted by Crippen LogP contribution is 2.70. The average molecular weight is 600 g/mol. The van der Waals surface area contributed by atoms with Gasteiger partial charge < -0.3 is 5.32 Å². The van der Waals surface area contributed by atoms with E-state index in [1.54, 1.807) is 78.9 Å². The molecule has 45 heavy (non-hydrogen) atoms. The maximum absolute atomic E-state index is 14.8. The number of carbonyl (C=O) groups is 5. The van der Waals surface area contributed by atoms with E-state index in [1.165, 1.54) is 9.80 Å². The number of anilines is 2. The van der Waals surface area contributed by atoms with Gasteiger partial charge in [-0.3, -0.25) is 24.0 Å².